The number of fused-ring (bicyclic) bond motifs is 1. The number of amides is 1. The SMILES string of the molecule is C/C=C1\CC(C2CC2)N(C)c2ccc(C(=O)NC)cc21. The summed E-state index contributed by atoms with van der Waals surface area (Å²) in [7, 11) is 3.86. The lowest BCUT2D eigenvalue weighted by Crippen LogP contribution is -2.37. The second-order valence-corrected chi connectivity index (χ2v) is 5.84. The van der Waals surface area contributed by atoms with Crippen molar-refractivity contribution in [2.24, 2.45) is 5.92 Å². The number of hydrogen-bond acceptors (Lipinski definition) is 2. The number of nitrogens with zero attached hydrogens (tertiary/aromatic N) is 1. The summed E-state index contributed by atoms with van der Waals surface area (Å²) in [4.78, 5) is 14.2. The molecule has 1 heterocycles. The Bertz CT molecular complexity index is 572. The Morgan fingerprint density at radius 3 is 2.75 bits per heavy atom. The fourth-order valence-electron chi connectivity index (χ4n) is 3.27. The van der Waals surface area contributed by atoms with Crippen LogP contribution in [0, 0.1) is 5.92 Å². The molecule has 1 aromatic rings. The van der Waals surface area contributed by atoms with Gasteiger partial charge in [0.15, 0.2) is 0 Å². The summed E-state index contributed by atoms with van der Waals surface area (Å²) in [6, 6.07) is 6.68. The van der Waals surface area contributed by atoms with Crippen molar-refractivity contribution in [3.05, 3.63) is 35.4 Å². The highest BCUT2D eigenvalue weighted by Gasteiger charge is 2.38. The predicted octanol–water partition coefficient (Wildman–Crippen LogP) is 3.07. The van der Waals surface area contributed by atoms with Crippen molar-refractivity contribution in [3.8, 4) is 0 Å². The minimum absolute atomic E-state index is 0.0183. The van der Waals surface area contributed by atoms with Crippen molar-refractivity contribution in [2.75, 3.05) is 19.0 Å². The summed E-state index contributed by atoms with van der Waals surface area (Å²) >= 11 is 0. The molecule has 0 bridgehead atoms. The monoisotopic (exact) mass is 270 g/mol. The lowest BCUT2D eigenvalue weighted by molar-refractivity contribution is 0.0963. The van der Waals surface area contributed by atoms with Crippen LogP contribution in [0.4, 0.5) is 5.69 Å². The van der Waals surface area contributed by atoms with Gasteiger partial charge in [-0.05, 0) is 55.9 Å². The van der Waals surface area contributed by atoms with Gasteiger partial charge in [-0.3, -0.25) is 4.79 Å². The first-order valence-corrected chi connectivity index (χ1v) is 7.40. The molecule has 0 radical (unpaired) electrons. The first-order chi connectivity index (χ1) is 9.65. The third kappa shape index (κ3) is 2.11. The molecule has 106 valence electrons. The average molecular weight is 270 g/mol. The highest BCUT2D eigenvalue weighted by atomic mass is 16.1. The van der Waals surface area contributed by atoms with Crippen molar-refractivity contribution in [2.45, 2.75) is 32.2 Å². The van der Waals surface area contributed by atoms with E-state index in [4.69, 9.17) is 0 Å². The van der Waals surface area contributed by atoms with Gasteiger partial charge in [0.1, 0.15) is 0 Å². The second-order valence-electron chi connectivity index (χ2n) is 5.84. The van der Waals surface area contributed by atoms with Gasteiger partial charge in [-0.2, -0.15) is 0 Å². The largest absolute Gasteiger partial charge is 0.371 e. The Morgan fingerprint density at radius 2 is 2.15 bits per heavy atom. The van der Waals surface area contributed by atoms with Crippen LogP contribution >= 0.6 is 0 Å². The number of hydrogen-bond donors (Lipinski definition) is 1. The first-order valence-electron chi connectivity index (χ1n) is 7.40. The van der Waals surface area contributed by atoms with E-state index in [2.05, 4.69) is 36.3 Å². The summed E-state index contributed by atoms with van der Waals surface area (Å²) in [6.45, 7) is 2.10. The normalized spacial score (nSPS) is 23.6. The number of carbonyl (C=O) groups is 1. The molecule has 3 heteroatoms. The van der Waals surface area contributed by atoms with Crippen molar-refractivity contribution < 1.29 is 4.79 Å². The molecule has 1 unspecified atom stereocenters. The molecule has 2 aliphatic rings. The average Bonchev–Trinajstić information content (AvgIpc) is 3.31. The van der Waals surface area contributed by atoms with E-state index >= 15 is 0 Å². The van der Waals surface area contributed by atoms with E-state index in [1.807, 2.05) is 12.1 Å². The van der Waals surface area contributed by atoms with Gasteiger partial charge in [0.2, 0.25) is 0 Å². The van der Waals surface area contributed by atoms with Gasteiger partial charge in [-0.1, -0.05) is 6.08 Å². The predicted molar refractivity (Wildman–Crippen MR) is 83.0 cm³/mol. The molecule has 1 fully saturated rings. The van der Waals surface area contributed by atoms with Gasteiger partial charge in [0.05, 0.1) is 0 Å². The quantitative estimate of drug-likeness (QED) is 0.895. The van der Waals surface area contributed by atoms with Crippen LogP contribution in [-0.2, 0) is 0 Å². The number of carbonyl (C=O) groups excluding carboxylic acids is 1. The molecule has 1 aliphatic carbocycles. The van der Waals surface area contributed by atoms with Gasteiger partial charge in [-0.25, -0.2) is 0 Å². The van der Waals surface area contributed by atoms with Gasteiger partial charge < -0.3 is 10.2 Å². The molecular formula is C17H22N2O. The van der Waals surface area contributed by atoms with E-state index in [1.165, 1.54) is 29.7 Å². The molecule has 1 amide bonds. The van der Waals surface area contributed by atoms with Gasteiger partial charge >= 0.3 is 0 Å². The lowest BCUT2D eigenvalue weighted by Gasteiger charge is -2.38. The zero-order valence-electron chi connectivity index (χ0n) is 12.4. The molecule has 0 saturated heterocycles. The van der Waals surface area contributed by atoms with Crippen LogP contribution < -0.4 is 10.2 Å². The third-order valence-corrected chi connectivity index (χ3v) is 4.65. The van der Waals surface area contributed by atoms with E-state index in [9.17, 15) is 4.79 Å². The molecule has 3 rings (SSSR count). The summed E-state index contributed by atoms with van der Waals surface area (Å²) < 4.78 is 0. The van der Waals surface area contributed by atoms with Crippen LogP contribution in [-0.4, -0.2) is 26.0 Å². The van der Waals surface area contributed by atoms with Crippen molar-refractivity contribution in [3.63, 3.8) is 0 Å². The number of rotatable bonds is 2. The summed E-state index contributed by atoms with van der Waals surface area (Å²) in [6.07, 6.45) is 6.02. The van der Waals surface area contributed by atoms with Crippen molar-refractivity contribution in [1.82, 2.24) is 5.32 Å². The van der Waals surface area contributed by atoms with Crippen LogP contribution in [0.25, 0.3) is 5.57 Å². The van der Waals surface area contributed by atoms with Gasteiger partial charge in [-0.15, -0.1) is 0 Å². The van der Waals surface area contributed by atoms with E-state index in [0.717, 1.165) is 17.9 Å². The van der Waals surface area contributed by atoms with Crippen molar-refractivity contribution >= 4 is 17.2 Å². The highest BCUT2D eigenvalue weighted by molar-refractivity contribution is 5.96. The molecule has 1 N–H and O–H groups in total. The fourth-order valence-corrected chi connectivity index (χ4v) is 3.27. The Balaban J connectivity index is 2.03. The number of allylic oxidation sites excluding steroid dienone is 1. The smallest absolute Gasteiger partial charge is 0.251 e. The molecule has 1 aliphatic heterocycles. The Morgan fingerprint density at radius 1 is 1.40 bits per heavy atom. The standard InChI is InChI=1S/C17H22N2O/c1-4-11-10-16(12-5-6-12)19(3)15-8-7-13(9-14(11)15)17(20)18-2/h4,7-9,12,16H,5-6,10H2,1-3H3,(H,18,20)/b11-4+. The molecule has 20 heavy (non-hydrogen) atoms. The minimum atomic E-state index is -0.0183. The minimum Gasteiger partial charge on any atom is -0.371 e. The third-order valence-electron chi connectivity index (χ3n) is 4.65. The van der Waals surface area contributed by atoms with E-state index < -0.39 is 0 Å². The fraction of sp³-hybridized carbons (Fsp3) is 0.471. The summed E-state index contributed by atoms with van der Waals surface area (Å²) in [5.74, 6) is 0.830. The van der Waals surface area contributed by atoms with Crippen molar-refractivity contribution in [1.29, 1.82) is 0 Å². The topological polar surface area (TPSA) is 32.3 Å². The molecular weight excluding hydrogens is 248 g/mol. The molecule has 0 aromatic heterocycles. The maximum Gasteiger partial charge on any atom is 0.251 e. The van der Waals surface area contributed by atoms with Crippen LogP contribution in [0.2, 0.25) is 0 Å². The highest BCUT2D eigenvalue weighted by Crippen LogP contribution is 2.46. The Hall–Kier alpha value is -1.77. The first kappa shape index (κ1) is 13.2. The van der Waals surface area contributed by atoms with Crippen LogP contribution in [0.1, 0.15) is 42.1 Å². The number of nitrogens with one attached hydrogen (secondary N) is 1. The second kappa shape index (κ2) is 4.97. The number of benzene rings is 1. The van der Waals surface area contributed by atoms with Crippen LogP contribution in [0.3, 0.4) is 0 Å². The number of anilines is 1. The van der Waals surface area contributed by atoms with E-state index in [0.29, 0.717) is 6.04 Å². The summed E-state index contributed by atoms with van der Waals surface area (Å²) in [5, 5.41) is 2.70. The van der Waals surface area contributed by atoms with E-state index in [1.54, 1.807) is 7.05 Å². The van der Waals surface area contributed by atoms with Crippen LogP contribution in [0.5, 0.6) is 0 Å². The molecule has 1 atom stereocenters. The van der Waals surface area contributed by atoms with Gasteiger partial charge in [0.25, 0.3) is 5.91 Å². The maximum atomic E-state index is 11.8. The molecule has 3 nitrogen and oxygen atoms in total. The maximum absolute atomic E-state index is 11.8. The van der Waals surface area contributed by atoms with E-state index in [-0.39, 0.29) is 5.91 Å². The summed E-state index contributed by atoms with van der Waals surface area (Å²) in [5.41, 5.74) is 4.59. The molecule has 1 aromatic carbocycles. The molecule has 0 spiro atoms. The van der Waals surface area contributed by atoms with Gasteiger partial charge in [0, 0.05) is 37.0 Å². The zero-order chi connectivity index (χ0) is 14.3. The Labute approximate surface area is 120 Å². The lowest BCUT2D eigenvalue weighted by atomic mass is 9.87. The molecule has 1 saturated carbocycles. The zero-order valence-corrected chi connectivity index (χ0v) is 12.4. The van der Waals surface area contributed by atoms with Crippen LogP contribution in [0.15, 0.2) is 24.3 Å². The Kier molecular flexibility index (Phi) is 3.28.